The largest absolute Gasteiger partial charge is 0.326 e. The summed E-state index contributed by atoms with van der Waals surface area (Å²) in [5.74, 6) is 0.909. The third kappa shape index (κ3) is 3.82. The van der Waals surface area contributed by atoms with Crippen molar-refractivity contribution in [3.05, 3.63) is 35.4 Å². The van der Waals surface area contributed by atoms with Gasteiger partial charge in [-0.05, 0) is 55.8 Å². The lowest BCUT2D eigenvalue weighted by molar-refractivity contribution is 0.285. The third-order valence-corrected chi connectivity index (χ3v) is 4.15. The molecular weight excluding hydrogens is 220 g/mol. The molecule has 0 spiro atoms. The highest BCUT2D eigenvalue weighted by atomic mass is 15.1. The molecule has 0 radical (unpaired) electrons. The van der Waals surface area contributed by atoms with Crippen molar-refractivity contribution in [2.24, 2.45) is 11.7 Å². The molecule has 1 unspecified atom stereocenters. The minimum atomic E-state index is 0.660. The second kappa shape index (κ2) is 6.91. The summed E-state index contributed by atoms with van der Waals surface area (Å²) in [5.41, 5.74) is 8.52. The van der Waals surface area contributed by atoms with Crippen molar-refractivity contribution >= 4 is 0 Å². The molecule has 0 aliphatic carbocycles. The van der Waals surface area contributed by atoms with E-state index < -0.39 is 0 Å². The van der Waals surface area contributed by atoms with E-state index in [-0.39, 0.29) is 0 Å². The number of nitrogens with two attached hydrogens (primary N) is 1. The Balaban J connectivity index is 1.87. The van der Waals surface area contributed by atoms with E-state index >= 15 is 0 Å². The van der Waals surface area contributed by atoms with Crippen LogP contribution in [-0.2, 0) is 13.0 Å². The molecule has 1 aromatic carbocycles. The number of likely N-dealkylation sites (tertiary alicyclic amines) is 1. The summed E-state index contributed by atoms with van der Waals surface area (Å²) in [5, 5.41) is 0. The lowest BCUT2D eigenvalue weighted by atomic mass is 10.0. The molecule has 100 valence electrons. The van der Waals surface area contributed by atoms with Crippen LogP contribution in [0.25, 0.3) is 0 Å². The lowest BCUT2D eigenvalue weighted by Gasteiger charge is -2.20. The zero-order valence-electron chi connectivity index (χ0n) is 11.6. The van der Waals surface area contributed by atoms with E-state index in [4.69, 9.17) is 5.73 Å². The molecule has 0 amide bonds. The Morgan fingerprint density at radius 2 is 1.94 bits per heavy atom. The highest BCUT2D eigenvalue weighted by Crippen LogP contribution is 2.17. The summed E-state index contributed by atoms with van der Waals surface area (Å²) in [4.78, 5) is 2.62. The summed E-state index contributed by atoms with van der Waals surface area (Å²) in [6, 6.07) is 8.58. The summed E-state index contributed by atoms with van der Waals surface area (Å²) in [7, 11) is 0. The number of hydrogen-bond donors (Lipinski definition) is 1. The minimum absolute atomic E-state index is 0.660. The molecule has 2 rings (SSSR count). The highest BCUT2D eigenvalue weighted by Gasteiger charge is 2.13. The maximum Gasteiger partial charge on any atom is 0.0180 e. The maximum atomic E-state index is 5.79. The fourth-order valence-corrected chi connectivity index (χ4v) is 2.83. The quantitative estimate of drug-likeness (QED) is 0.885. The van der Waals surface area contributed by atoms with E-state index in [0.29, 0.717) is 6.54 Å². The molecule has 1 atom stereocenters. The molecule has 1 aliphatic heterocycles. The number of rotatable bonds is 4. The highest BCUT2D eigenvalue weighted by molar-refractivity contribution is 5.27. The van der Waals surface area contributed by atoms with Gasteiger partial charge in [0.1, 0.15) is 0 Å². The predicted octanol–water partition coefficient (Wildman–Crippen LogP) is 2.81. The van der Waals surface area contributed by atoms with Crippen molar-refractivity contribution in [1.82, 2.24) is 4.90 Å². The van der Waals surface area contributed by atoms with Crippen molar-refractivity contribution in [3.8, 4) is 0 Å². The SMILES string of the molecule is CC1CCCN(CCc2ccccc2CN)CC1. The van der Waals surface area contributed by atoms with Crippen LogP contribution in [0.2, 0.25) is 0 Å². The molecule has 0 aromatic heterocycles. The van der Waals surface area contributed by atoms with Gasteiger partial charge < -0.3 is 10.6 Å². The predicted molar refractivity (Wildman–Crippen MR) is 77.5 cm³/mol. The van der Waals surface area contributed by atoms with Gasteiger partial charge in [-0.3, -0.25) is 0 Å². The number of nitrogens with zero attached hydrogens (tertiary/aromatic N) is 1. The van der Waals surface area contributed by atoms with Gasteiger partial charge in [-0.15, -0.1) is 0 Å². The van der Waals surface area contributed by atoms with Gasteiger partial charge in [-0.25, -0.2) is 0 Å². The lowest BCUT2D eigenvalue weighted by Crippen LogP contribution is -2.27. The average Bonchev–Trinajstić information content (AvgIpc) is 2.61. The van der Waals surface area contributed by atoms with E-state index in [0.717, 1.165) is 12.3 Å². The molecule has 1 aromatic rings. The van der Waals surface area contributed by atoms with Gasteiger partial charge in [0, 0.05) is 13.1 Å². The van der Waals surface area contributed by atoms with Gasteiger partial charge >= 0.3 is 0 Å². The van der Waals surface area contributed by atoms with Crippen LogP contribution < -0.4 is 5.73 Å². The van der Waals surface area contributed by atoms with Gasteiger partial charge in [0.05, 0.1) is 0 Å². The Kier molecular flexibility index (Phi) is 5.21. The van der Waals surface area contributed by atoms with Crippen LogP contribution in [0.5, 0.6) is 0 Å². The molecule has 1 aliphatic rings. The Hall–Kier alpha value is -0.860. The Morgan fingerprint density at radius 3 is 2.72 bits per heavy atom. The zero-order chi connectivity index (χ0) is 12.8. The summed E-state index contributed by atoms with van der Waals surface area (Å²) < 4.78 is 0. The van der Waals surface area contributed by atoms with E-state index in [9.17, 15) is 0 Å². The zero-order valence-corrected chi connectivity index (χ0v) is 11.6. The van der Waals surface area contributed by atoms with Crippen LogP contribution in [0.1, 0.15) is 37.3 Å². The molecule has 2 N–H and O–H groups in total. The van der Waals surface area contributed by atoms with Gasteiger partial charge in [0.25, 0.3) is 0 Å². The van der Waals surface area contributed by atoms with Crippen molar-refractivity contribution in [2.45, 2.75) is 39.2 Å². The van der Waals surface area contributed by atoms with E-state index in [1.54, 1.807) is 0 Å². The fourth-order valence-electron chi connectivity index (χ4n) is 2.83. The fraction of sp³-hybridized carbons (Fsp3) is 0.625. The smallest absolute Gasteiger partial charge is 0.0180 e. The Labute approximate surface area is 111 Å². The first-order valence-corrected chi connectivity index (χ1v) is 7.29. The minimum Gasteiger partial charge on any atom is -0.326 e. The molecule has 0 saturated carbocycles. The first-order valence-electron chi connectivity index (χ1n) is 7.29. The first-order chi connectivity index (χ1) is 8.79. The summed E-state index contributed by atoms with van der Waals surface area (Å²) in [6.07, 6.45) is 5.26. The maximum absolute atomic E-state index is 5.79. The van der Waals surface area contributed by atoms with E-state index in [2.05, 4.69) is 36.1 Å². The molecule has 2 nitrogen and oxygen atoms in total. The van der Waals surface area contributed by atoms with Crippen LogP contribution in [0, 0.1) is 5.92 Å². The second-order valence-electron chi connectivity index (χ2n) is 5.60. The van der Waals surface area contributed by atoms with Crippen molar-refractivity contribution in [1.29, 1.82) is 0 Å². The van der Waals surface area contributed by atoms with Gasteiger partial charge in [0.15, 0.2) is 0 Å². The second-order valence-corrected chi connectivity index (χ2v) is 5.60. The van der Waals surface area contributed by atoms with E-state index in [1.807, 2.05) is 0 Å². The first kappa shape index (κ1) is 13.6. The molecule has 1 saturated heterocycles. The molecule has 1 heterocycles. The number of benzene rings is 1. The third-order valence-electron chi connectivity index (χ3n) is 4.15. The molecule has 18 heavy (non-hydrogen) atoms. The van der Waals surface area contributed by atoms with Crippen LogP contribution in [0.3, 0.4) is 0 Å². The molecule has 2 heteroatoms. The standard InChI is InChI=1S/C16H26N2/c1-14-5-4-10-18(11-8-14)12-9-15-6-2-3-7-16(15)13-17/h2-3,6-7,14H,4-5,8-13,17H2,1H3. The van der Waals surface area contributed by atoms with Gasteiger partial charge in [-0.1, -0.05) is 31.2 Å². The topological polar surface area (TPSA) is 29.3 Å². The van der Waals surface area contributed by atoms with E-state index in [1.165, 1.54) is 50.0 Å². The molecule has 0 bridgehead atoms. The van der Waals surface area contributed by atoms with Gasteiger partial charge in [-0.2, -0.15) is 0 Å². The van der Waals surface area contributed by atoms with Gasteiger partial charge in [0.2, 0.25) is 0 Å². The van der Waals surface area contributed by atoms with Crippen molar-refractivity contribution in [2.75, 3.05) is 19.6 Å². The van der Waals surface area contributed by atoms with Crippen LogP contribution in [-0.4, -0.2) is 24.5 Å². The van der Waals surface area contributed by atoms with Crippen LogP contribution in [0.15, 0.2) is 24.3 Å². The monoisotopic (exact) mass is 246 g/mol. The number of hydrogen-bond acceptors (Lipinski definition) is 2. The van der Waals surface area contributed by atoms with Crippen LogP contribution in [0.4, 0.5) is 0 Å². The average molecular weight is 246 g/mol. The Bertz CT molecular complexity index is 362. The molecule has 1 fully saturated rings. The summed E-state index contributed by atoms with van der Waals surface area (Å²) >= 11 is 0. The van der Waals surface area contributed by atoms with Crippen LogP contribution >= 0.6 is 0 Å². The summed E-state index contributed by atoms with van der Waals surface area (Å²) in [6.45, 7) is 6.77. The Morgan fingerprint density at radius 1 is 1.17 bits per heavy atom. The normalized spacial score (nSPS) is 21.8. The van der Waals surface area contributed by atoms with Crippen molar-refractivity contribution < 1.29 is 0 Å². The molecular formula is C16H26N2. The van der Waals surface area contributed by atoms with Crippen molar-refractivity contribution in [3.63, 3.8) is 0 Å².